The van der Waals surface area contributed by atoms with Crippen LogP contribution >= 0.6 is 0 Å². The van der Waals surface area contributed by atoms with Gasteiger partial charge < -0.3 is 19.9 Å². The number of carboxylic acid groups (broad SMARTS) is 1. The van der Waals surface area contributed by atoms with Crippen LogP contribution in [-0.4, -0.2) is 30.2 Å². The Morgan fingerprint density at radius 1 is 1.04 bits per heavy atom. The summed E-state index contributed by atoms with van der Waals surface area (Å²) in [5.41, 5.74) is 1.00. The molecular formula is C18H21NO5. The Morgan fingerprint density at radius 3 is 2.38 bits per heavy atom. The molecule has 0 bridgehead atoms. The molecule has 128 valence electrons. The van der Waals surface area contributed by atoms with Gasteiger partial charge in [0.05, 0.1) is 17.9 Å². The fourth-order valence-corrected chi connectivity index (χ4v) is 3.53. The molecule has 6 heteroatoms. The summed E-state index contributed by atoms with van der Waals surface area (Å²) in [7, 11) is 0. The molecule has 1 amide bonds. The van der Waals surface area contributed by atoms with Crippen LogP contribution in [0.15, 0.2) is 18.2 Å². The molecule has 0 radical (unpaired) electrons. The van der Waals surface area contributed by atoms with Gasteiger partial charge in [-0.1, -0.05) is 6.07 Å². The van der Waals surface area contributed by atoms with Crippen molar-refractivity contribution in [2.24, 2.45) is 17.8 Å². The zero-order valence-corrected chi connectivity index (χ0v) is 13.4. The van der Waals surface area contributed by atoms with Gasteiger partial charge in [0.2, 0.25) is 5.91 Å². The zero-order chi connectivity index (χ0) is 16.7. The number of carbonyl (C=O) groups excluding carboxylic acids is 1. The highest BCUT2D eigenvalue weighted by molar-refractivity contribution is 5.86. The maximum Gasteiger partial charge on any atom is 0.307 e. The van der Waals surface area contributed by atoms with Crippen LogP contribution in [0.5, 0.6) is 11.5 Å². The van der Waals surface area contributed by atoms with Crippen LogP contribution in [0.3, 0.4) is 0 Å². The summed E-state index contributed by atoms with van der Waals surface area (Å²) in [6, 6.07) is 5.71. The number of benzene rings is 1. The van der Waals surface area contributed by atoms with Crippen molar-refractivity contribution in [1.29, 1.82) is 0 Å². The third-order valence-electron chi connectivity index (χ3n) is 5.24. The maximum atomic E-state index is 12.5. The van der Waals surface area contributed by atoms with Gasteiger partial charge in [-0.25, -0.2) is 0 Å². The second-order valence-corrected chi connectivity index (χ2v) is 6.86. The summed E-state index contributed by atoms with van der Waals surface area (Å²) in [4.78, 5) is 23.7. The third kappa shape index (κ3) is 2.81. The highest BCUT2D eigenvalue weighted by Crippen LogP contribution is 2.44. The largest absolute Gasteiger partial charge is 0.486 e. The van der Waals surface area contributed by atoms with Crippen LogP contribution in [0, 0.1) is 17.8 Å². The highest BCUT2D eigenvalue weighted by Gasteiger charge is 2.43. The molecule has 3 atom stereocenters. The molecule has 2 aliphatic carbocycles. The second-order valence-electron chi connectivity index (χ2n) is 6.86. The van der Waals surface area contributed by atoms with Crippen molar-refractivity contribution in [2.75, 3.05) is 13.2 Å². The van der Waals surface area contributed by atoms with E-state index in [1.54, 1.807) is 0 Å². The van der Waals surface area contributed by atoms with Crippen molar-refractivity contribution in [3.63, 3.8) is 0 Å². The maximum absolute atomic E-state index is 12.5. The number of amides is 1. The van der Waals surface area contributed by atoms with E-state index in [0.29, 0.717) is 37.7 Å². The molecule has 1 aromatic carbocycles. The Kier molecular flexibility index (Phi) is 3.82. The summed E-state index contributed by atoms with van der Waals surface area (Å²) in [6.07, 6.45) is 3.39. The fourth-order valence-electron chi connectivity index (χ4n) is 3.53. The van der Waals surface area contributed by atoms with Crippen LogP contribution in [0.1, 0.15) is 37.3 Å². The summed E-state index contributed by atoms with van der Waals surface area (Å²) < 4.78 is 11.2. The molecule has 1 aliphatic heterocycles. The van der Waals surface area contributed by atoms with E-state index < -0.39 is 17.8 Å². The number of ether oxygens (including phenoxy) is 2. The molecule has 3 unspecified atom stereocenters. The molecule has 6 nitrogen and oxygen atoms in total. The molecule has 2 N–H and O–H groups in total. The summed E-state index contributed by atoms with van der Waals surface area (Å²) in [6.45, 7) is 1.08. The minimum atomic E-state index is -0.872. The number of hydrogen-bond acceptors (Lipinski definition) is 4. The lowest BCUT2D eigenvalue weighted by Gasteiger charge is -2.33. The van der Waals surface area contributed by atoms with Crippen molar-refractivity contribution in [3.8, 4) is 11.5 Å². The lowest BCUT2D eigenvalue weighted by atomic mass is 9.73. The Balaban J connectivity index is 1.51. The molecule has 0 spiro atoms. The number of fused-ring (bicyclic) bond motifs is 1. The van der Waals surface area contributed by atoms with Crippen LogP contribution in [0.2, 0.25) is 0 Å². The van der Waals surface area contributed by atoms with E-state index in [1.807, 2.05) is 18.2 Å². The topological polar surface area (TPSA) is 84.9 Å². The number of hydrogen-bond donors (Lipinski definition) is 2. The van der Waals surface area contributed by atoms with Gasteiger partial charge in [-0.15, -0.1) is 0 Å². The van der Waals surface area contributed by atoms with Crippen LogP contribution in [-0.2, 0) is 9.59 Å². The van der Waals surface area contributed by atoms with E-state index in [-0.39, 0.29) is 11.9 Å². The lowest BCUT2D eigenvalue weighted by molar-refractivity contribution is -0.153. The van der Waals surface area contributed by atoms with E-state index in [9.17, 15) is 9.59 Å². The fraction of sp³-hybridized carbons (Fsp3) is 0.556. The first kappa shape index (κ1) is 15.3. The first-order valence-corrected chi connectivity index (χ1v) is 8.56. The van der Waals surface area contributed by atoms with E-state index >= 15 is 0 Å². The van der Waals surface area contributed by atoms with Gasteiger partial charge in [-0.3, -0.25) is 9.59 Å². The molecule has 2 fully saturated rings. The highest BCUT2D eigenvalue weighted by atomic mass is 16.6. The Morgan fingerprint density at radius 2 is 1.75 bits per heavy atom. The molecule has 3 aliphatic rings. The van der Waals surface area contributed by atoms with Gasteiger partial charge in [0.25, 0.3) is 0 Å². The van der Waals surface area contributed by atoms with Gasteiger partial charge in [-0.2, -0.15) is 0 Å². The predicted molar refractivity (Wildman–Crippen MR) is 84.9 cm³/mol. The average Bonchev–Trinajstić information content (AvgIpc) is 3.35. The first-order chi connectivity index (χ1) is 11.6. The summed E-state index contributed by atoms with van der Waals surface area (Å²) in [5.74, 6) is -0.0865. The van der Waals surface area contributed by atoms with Crippen molar-refractivity contribution in [3.05, 3.63) is 23.8 Å². The van der Waals surface area contributed by atoms with Crippen molar-refractivity contribution >= 4 is 11.9 Å². The Labute approximate surface area is 140 Å². The standard InChI is InChI=1S/C18H21NO5/c20-17(12-4-5-13(12)18(21)22)19-16(10-1-2-10)11-3-6-14-15(9-11)24-8-7-23-14/h3,6,9-10,12-13,16H,1-2,4-5,7-8H2,(H,19,20)(H,21,22). The van der Waals surface area contributed by atoms with Crippen LogP contribution in [0.4, 0.5) is 0 Å². The van der Waals surface area contributed by atoms with Gasteiger partial charge in [0.1, 0.15) is 13.2 Å². The normalized spacial score (nSPS) is 26.2. The van der Waals surface area contributed by atoms with Crippen molar-refractivity contribution in [1.82, 2.24) is 5.32 Å². The minimum absolute atomic E-state index is 0.0802. The SMILES string of the molecule is O=C(O)C1CCC1C(=O)NC(c1ccc2c(c1)OCCO2)C1CC1. The Hall–Kier alpha value is -2.24. The summed E-state index contributed by atoms with van der Waals surface area (Å²) in [5, 5.41) is 12.2. The quantitative estimate of drug-likeness (QED) is 0.863. The predicted octanol–water partition coefficient (Wildman–Crippen LogP) is 2.14. The van der Waals surface area contributed by atoms with E-state index in [4.69, 9.17) is 14.6 Å². The molecule has 2 saturated carbocycles. The molecule has 1 heterocycles. The van der Waals surface area contributed by atoms with Crippen molar-refractivity contribution < 1.29 is 24.2 Å². The third-order valence-corrected chi connectivity index (χ3v) is 5.24. The van der Waals surface area contributed by atoms with Crippen molar-refractivity contribution in [2.45, 2.75) is 31.7 Å². The first-order valence-electron chi connectivity index (χ1n) is 8.56. The van der Waals surface area contributed by atoms with Gasteiger partial charge in [-0.05, 0) is 49.3 Å². The van der Waals surface area contributed by atoms with Crippen LogP contribution < -0.4 is 14.8 Å². The molecule has 24 heavy (non-hydrogen) atoms. The Bertz CT molecular complexity index is 669. The smallest absolute Gasteiger partial charge is 0.307 e. The van der Waals surface area contributed by atoms with Gasteiger partial charge in [0, 0.05) is 0 Å². The molecular weight excluding hydrogens is 310 g/mol. The van der Waals surface area contributed by atoms with Gasteiger partial charge in [0.15, 0.2) is 11.5 Å². The number of aliphatic carboxylic acids is 1. The van der Waals surface area contributed by atoms with E-state index in [0.717, 1.165) is 24.2 Å². The lowest BCUT2D eigenvalue weighted by Crippen LogP contribution is -2.45. The number of rotatable bonds is 5. The van der Waals surface area contributed by atoms with E-state index in [2.05, 4.69) is 5.32 Å². The number of nitrogens with one attached hydrogen (secondary N) is 1. The second kappa shape index (κ2) is 6.00. The molecule has 0 aromatic heterocycles. The summed E-state index contributed by atoms with van der Waals surface area (Å²) >= 11 is 0. The average molecular weight is 331 g/mol. The molecule has 1 aromatic rings. The molecule has 0 saturated heterocycles. The molecule has 4 rings (SSSR count). The van der Waals surface area contributed by atoms with E-state index in [1.165, 1.54) is 0 Å². The monoisotopic (exact) mass is 331 g/mol. The number of carboxylic acids is 1. The van der Waals surface area contributed by atoms with Crippen LogP contribution in [0.25, 0.3) is 0 Å². The number of carbonyl (C=O) groups is 2. The zero-order valence-electron chi connectivity index (χ0n) is 13.4. The van der Waals surface area contributed by atoms with Gasteiger partial charge >= 0.3 is 5.97 Å². The minimum Gasteiger partial charge on any atom is -0.486 e.